The first-order chi connectivity index (χ1) is 10.9. The third-order valence-electron chi connectivity index (χ3n) is 5.72. The highest BCUT2D eigenvalue weighted by Crippen LogP contribution is 2.47. The van der Waals surface area contributed by atoms with Gasteiger partial charge in [0.2, 0.25) is 0 Å². The average molecular weight is 337 g/mol. The van der Waals surface area contributed by atoms with Gasteiger partial charge in [-0.1, -0.05) is 17.7 Å². The molecule has 1 aliphatic heterocycles. The summed E-state index contributed by atoms with van der Waals surface area (Å²) in [7, 11) is -1.40. The molecule has 0 radical (unpaired) electrons. The fourth-order valence-corrected chi connectivity index (χ4v) is 6.80. The minimum atomic E-state index is -3.43. The first-order valence-corrected chi connectivity index (χ1v) is 10.1. The van der Waals surface area contributed by atoms with E-state index in [0.29, 0.717) is 24.3 Å². The van der Waals surface area contributed by atoms with Gasteiger partial charge >= 0.3 is 0 Å². The van der Waals surface area contributed by atoms with Crippen LogP contribution in [0.3, 0.4) is 0 Å². The molecule has 4 nitrogen and oxygen atoms in total. The lowest BCUT2D eigenvalue weighted by Crippen LogP contribution is -2.59. The Morgan fingerprint density at radius 2 is 1.87 bits per heavy atom. The molecule has 0 bridgehead atoms. The molecule has 0 amide bonds. The van der Waals surface area contributed by atoms with Crippen molar-refractivity contribution in [3.05, 3.63) is 29.8 Å². The molecule has 0 aromatic heterocycles. The lowest BCUT2D eigenvalue weighted by Gasteiger charge is -2.51. The fourth-order valence-electron chi connectivity index (χ4n) is 4.52. The maximum atomic E-state index is 13.3. The van der Waals surface area contributed by atoms with Crippen LogP contribution in [0.25, 0.3) is 0 Å². The second-order valence-electron chi connectivity index (χ2n) is 7.37. The van der Waals surface area contributed by atoms with Crippen LogP contribution in [0.2, 0.25) is 0 Å². The molecule has 3 rings (SSSR count). The van der Waals surface area contributed by atoms with Crippen molar-refractivity contribution in [2.45, 2.75) is 55.3 Å². The van der Waals surface area contributed by atoms with Gasteiger partial charge in [-0.2, -0.15) is 0 Å². The maximum absolute atomic E-state index is 13.3. The molecule has 1 aromatic rings. The number of benzene rings is 1. The Morgan fingerprint density at radius 1 is 1.17 bits per heavy atom. The summed E-state index contributed by atoms with van der Waals surface area (Å²) in [6.07, 6.45) is 3.38. The molecule has 1 spiro atoms. The molecule has 128 valence electrons. The van der Waals surface area contributed by atoms with Crippen LogP contribution in [0, 0.1) is 12.3 Å². The van der Waals surface area contributed by atoms with Gasteiger partial charge in [0.15, 0.2) is 9.84 Å². The third-order valence-corrected chi connectivity index (χ3v) is 8.10. The molecule has 5 heteroatoms. The number of hydrogen-bond donors (Lipinski definition) is 1. The van der Waals surface area contributed by atoms with Gasteiger partial charge in [-0.25, -0.2) is 8.42 Å². The first kappa shape index (κ1) is 16.9. The van der Waals surface area contributed by atoms with Crippen molar-refractivity contribution in [1.29, 1.82) is 0 Å². The van der Waals surface area contributed by atoms with Gasteiger partial charge in [0.05, 0.1) is 16.2 Å². The van der Waals surface area contributed by atoms with Crippen molar-refractivity contribution in [1.82, 2.24) is 4.90 Å². The Bertz CT molecular complexity index is 655. The first-order valence-electron chi connectivity index (χ1n) is 8.53. The summed E-state index contributed by atoms with van der Waals surface area (Å²) < 4.78 is 26.6. The summed E-state index contributed by atoms with van der Waals surface area (Å²) in [6, 6.07) is 7.13. The van der Waals surface area contributed by atoms with E-state index in [0.717, 1.165) is 31.4 Å². The van der Waals surface area contributed by atoms with E-state index in [1.807, 2.05) is 26.1 Å². The number of nitrogens with zero attached hydrogens (tertiary/aromatic N) is 1. The minimum absolute atomic E-state index is 0.398. The zero-order valence-corrected chi connectivity index (χ0v) is 14.8. The quantitative estimate of drug-likeness (QED) is 0.900. The number of aryl methyl sites for hydroxylation is 1. The Hall–Kier alpha value is -0.910. The molecule has 2 aliphatic rings. The van der Waals surface area contributed by atoms with E-state index in [9.17, 15) is 13.5 Å². The van der Waals surface area contributed by atoms with Crippen molar-refractivity contribution in [3.63, 3.8) is 0 Å². The highest BCUT2D eigenvalue weighted by molar-refractivity contribution is 7.92. The molecule has 1 aromatic carbocycles. The molecule has 1 saturated carbocycles. The Morgan fingerprint density at radius 3 is 2.52 bits per heavy atom. The molecular weight excluding hydrogens is 310 g/mol. The normalized spacial score (nSPS) is 33.0. The SMILES string of the molecule is Cc1ccc(S(=O)(=O)[C@@H]2CCC[C@H](O)[C@]23CCCN(C)C3)cc1. The summed E-state index contributed by atoms with van der Waals surface area (Å²) in [5.41, 5.74) is 0.536. The number of piperidine rings is 1. The van der Waals surface area contributed by atoms with Crippen molar-refractivity contribution in [2.75, 3.05) is 20.1 Å². The number of rotatable bonds is 2. The maximum Gasteiger partial charge on any atom is 0.181 e. The van der Waals surface area contributed by atoms with Crippen molar-refractivity contribution < 1.29 is 13.5 Å². The number of likely N-dealkylation sites (tertiary alicyclic amines) is 1. The fraction of sp³-hybridized carbons (Fsp3) is 0.667. The highest BCUT2D eigenvalue weighted by atomic mass is 32.2. The van der Waals surface area contributed by atoms with Gasteiger partial charge in [0, 0.05) is 12.0 Å². The Kier molecular flexibility index (Phi) is 4.55. The molecule has 2 fully saturated rings. The lowest BCUT2D eigenvalue weighted by atomic mass is 9.67. The number of sulfone groups is 1. The molecule has 1 N–H and O–H groups in total. The topological polar surface area (TPSA) is 57.6 Å². The smallest absolute Gasteiger partial charge is 0.181 e. The minimum Gasteiger partial charge on any atom is -0.392 e. The Labute approximate surface area is 139 Å². The summed E-state index contributed by atoms with van der Waals surface area (Å²) in [5, 5.41) is 10.3. The van der Waals surface area contributed by atoms with Gasteiger partial charge in [0.1, 0.15) is 0 Å². The van der Waals surface area contributed by atoms with Crippen LogP contribution in [0.1, 0.15) is 37.7 Å². The molecular formula is C18H27NO3S. The van der Waals surface area contributed by atoms with Gasteiger partial charge < -0.3 is 10.0 Å². The van der Waals surface area contributed by atoms with Crippen LogP contribution in [-0.4, -0.2) is 49.9 Å². The predicted octanol–water partition coefficient (Wildman–Crippen LogP) is 2.39. The highest BCUT2D eigenvalue weighted by Gasteiger charge is 2.54. The van der Waals surface area contributed by atoms with Crippen LogP contribution in [-0.2, 0) is 9.84 Å². The summed E-state index contributed by atoms with van der Waals surface area (Å²) in [5.74, 6) is 0. The second kappa shape index (κ2) is 6.19. The van der Waals surface area contributed by atoms with E-state index in [1.165, 1.54) is 0 Å². The van der Waals surface area contributed by atoms with E-state index in [2.05, 4.69) is 4.90 Å². The van der Waals surface area contributed by atoms with Crippen LogP contribution < -0.4 is 0 Å². The van der Waals surface area contributed by atoms with Crippen molar-refractivity contribution >= 4 is 9.84 Å². The number of aliphatic hydroxyl groups excluding tert-OH is 1. The third kappa shape index (κ3) is 2.94. The number of hydrogen-bond acceptors (Lipinski definition) is 4. The summed E-state index contributed by atoms with van der Waals surface area (Å²) in [4.78, 5) is 2.57. The average Bonchev–Trinajstić information content (AvgIpc) is 2.50. The molecule has 23 heavy (non-hydrogen) atoms. The zero-order valence-electron chi connectivity index (χ0n) is 14.0. The van der Waals surface area contributed by atoms with Crippen LogP contribution >= 0.6 is 0 Å². The Balaban J connectivity index is 2.02. The summed E-state index contributed by atoms with van der Waals surface area (Å²) >= 11 is 0. The lowest BCUT2D eigenvalue weighted by molar-refractivity contribution is -0.0509. The predicted molar refractivity (Wildman–Crippen MR) is 91.2 cm³/mol. The second-order valence-corrected chi connectivity index (χ2v) is 9.50. The monoisotopic (exact) mass is 337 g/mol. The van der Waals surface area contributed by atoms with Gasteiger partial charge in [0.25, 0.3) is 0 Å². The van der Waals surface area contributed by atoms with E-state index < -0.39 is 26.6 Å². The molecule has 1 aliphatic carbocycles. The van der Waals surface area contributed by atoms with E-state index in [-0.39, 0.29) is 0 Å². The van der Waals surface area contributed by atoms with Crippen LogP contribution in [0.5, 0.6) is 0 Å². The summed E-state index contributed by atoms with van der Waals surface area (Å²) in [6.45, 7) is 3.61. The van der Waals surface area contributed by atoms with Gasteiger partial charge in [-0.05, 0) is 64.8 Å². The van der Waals surface area contributed by atoms with E-state index >= 15 is 0 Å². The van der Waals surface area contributed by atoms with Crippen LogP contribution in [0.15, 0.2) is 29.2 Å². The van der Waals surface area contributed by atoms with Crippen LogP contribution in [0.4, 0.5) is 0 Å². The number of aliphatic hydroxyl groups is 1. The van der Waals surface area contributed by atoms with Crippen molar-refractivity contribution in [3.8, 4) is 0 Å². The molecule has 1 heterocycles. The van der Waals surface area contributed by atoms with Gasteiger partial charge in [-0.3, -0.25) is 0 Å². The standard InChI is InChI=1S/C18H27NO3S/c1-14-7-9-15(10-8-14)23(21,22)17-6-3-5-16(20)18(17)11-4-12-19(2)13-18/h7-10,16-17,20H,3-6,11-13H2,1-2H3/t16-,17+,18+/m0/s1. The molecule has 3 atom stereocenters. The van der Waals surface area contributed by atoms with Crippen molar-refractivity contribution in [2.24, 2.45) is 5.41 Å². The van der Waals surface area contributed by atoms with E-state index in [4.69, 9.17) is 0 Å². The zero-order chi connectivity index (χ0) is 16.7. The van der Waals surface area contributed by atoms with E-state index in [1.54, 1.807) is 12.1 Å². The largest absolute Gasteiger partial charge is 0.392 e. The molecule has 0 unspecified atom stereocenters. The van der Waals surface area contributed by atoms with Gasteiger partial charge in [-0.15, -0.1) is 0 Å². The molecule has 1 saturated heterocycles.